The van der Waals surface area contributed by atoms with Gasteiger partial charge in [-0.2, -0.15) is 4.31 Å². The number of aliphatic hydroxyl groups excluding tert-OH is 1. The van der Waals surface area contributed by atoms with Gasteiger partial charge < -0.3 is 19.9 Å². The number of aliphatic hydroxyl groups is 1. The molecule has 4 rings (SSSR count). The molecule has 11 nitrogen and oxygen atoms in total. The van der Waals surface area contributed by atoms with Gasteiger partial charge in [0.2, 0.25) is 22.7 Å². The number of carbonyl (C=O) groups excluding carboxylic acids is 2. The van der Waals surface area contributed by atoms with Crippen molar-refractivity contribution in [1.29, 1.82) is 0 Å². The number of sulfonamides is 1. The third kappa shape index (κ3) is 8.26. The monoisotopic (exact) mass is 612 g/mol. The van der Waals surface area contributed by atoms with Crippen molar-refractivity contribution in [3.05, 3.63) is 54.1 Å². The van der Waals surface area contributed by atoms with Gasteiger partial charge in [0.25, 0.3) is 5.91 Å². The Labute approximate surface area is 253 Å². The molecule has 232 valence electrons. The molecule has 2 aromatic carbocycles. The van der Waals surface area contributed by atoms with Gasteiger partial charge in [-0.1, -0.05) is 44.2 Å². The second kappa shape index (κ2) is 14.7. The van der Waals surface area contributed by atoms with Crippen molar-refractivity contribution in [2.24, 2.45) is 5.92 Å². The molecule has 2 heterocycles. The van der Waals surface area contributed by atoms with Crippen LogP contribution in [0.15, 0.2) is 53.4 Å². The molecule has 1 saturated heterocycles. The topological polar surface area (TPSA) is 138 Å². The number of fused-ring (bicyclic) bond motifs is 1. The maximum atomic E-state index is 13.9. The second-order valence-corrected chi connectivity index (χ2v) is 13.1. The number of hydrogen-bond donors (Lipinski definition) is 3. The second-order valence-electron chi connectivity index (χ2n) is 11.1. The molecule has 1 fully saturated rings. The van der Waals surface area contributed by atoms with Crippen molar-refractivity contribution in [2.75, 3.05) is 26.4 Å². The summed E-state index contributed by atoms with van der Waals surface area (Å²) >= 11 is 0. The molecule has 2 amide bonds. The van der Waals surface area contributed by atoms with E-state index in [1.165, 1.54) is 22.5 Å². The fraction of sp³-hybridized carbons (Fsp3) is 0.484. The Kier molecular flexibility index (Phi) is 11.0. The van der Waals surface area contributed by atoms with Gasteiger partial charge in [0.15, 0.2) is 11.5 Å². The maximum Gasteiger partial charge on any atom is 0.255 e. The first-order valence-corrected chi connectivity index (χ1v) is 15.9. The third-order valence-corrected chi connectivity index (χ3v) is 9.19. The summed E-state index contributed by atoms with van der Waals surface area (Å²) in [6.45, 7) is 4.21. The zero-order chi connectivity index (χ0) is 31.0. The van der Waals surface area contributed by atoms with Crippen molar-refractivity contribution >= 4 is 21.8 Å². The fourth-order valence-corrected chi connectivity index (χ4v) is 6.82. The molecule has 0 radical (unpaired) electrons. The van der Waals surface area contributed by atoms with Crippen LogP contribution in [0.3, 0.4) is 0 Å². The van der Waals surface area contributed by atoms with Crippen LogP contribution < -0.4 is 20.2 Å². The van der Waals surface area contributed by atoms with Gasteiger partial charge in [-0.3, -0.25) is 15.0 Å². The van der Waals surface area contributed by atoms with E-state index >= 15 is 0 Å². The van der Waals surface area contributed by atoms with E-state index in [-0.39, 0.29) is 50.0 Å². The summed E-state index contributed by atoms with van der Waals surface area (Å²) < 4.78 is 39.8. The molecular weight excluding hydrogens is 572 g/mol. The zero-order valence-electron chi connectivity index (χ0n) is 24.6. The standard InChI is InChI=1S/C31H40N4O7S/c1-4-5-13-30(37)35(33-31(38)25-12-9-16-32-25)26(17-23-10-7-6-8-11-23)27(36)20-34(19-22(2)3)43(39,40)24-14-15-28-29(18-24)42-21-41-28/h1,6-8,10-11,14-15,18,22,25-27,32,36H,5,9,12-13,16-17,19-21H2,2-3H3,(H,33,38)/t25?,26?,27-/m1/s1. The van der Waals surface area contributed by atoms with Crippen LogP contribution in [0.5, 0.6) is 11.5 Å². The lowest BCUT2D eigenvalue weighted by Crippen LogP contribution is -2.61. The maximum absolute atomic E-state index is 13.9. The van der Waals surface area contributed by atoms with E-state index in [0.717, 1.165) is 17.0 Å². The minimum Gasteiger partial charge on any atom is -0.454 e. The number of hydrazine groups is 1. The Morgan fingerprint density at radius 2 is 1.88 bits per heavy atom. The average molecular weight is 613 g/mol. The molecule has 2 aliphatic rings. The van der Waals surface area contributed by atoms with Gasteiger partial charge >= 0.3 is 0 Å². The molecule has 12 heteroatoms. The first-order chi connectivity index (χ1) is 20.6. The lowest BCUT2D eigenvalue weighted by Gasteiger charge is -2.37. The van der Waals surface area contributed by atoms with E-state index in [0.29, 0.717) is 24.5 Å². The predicted octanol–water partition coefficient (Wildman–Crippen LogP) is 2.06. The van der Waals surface area contributed by atoms with Gasteiger partial charge in [0.1, 0.15) is 0 Å². The highest BCUT2D eigenvalue weighted by molar-refractivity contribution is 7.89. The van der Waals surface area contributed by atoms with E-state index < -0.39 is 40.0 Å². The van der Waals surface area contributed by atoms with Crippen LogP contribution in [0.25, 0.3) is 0 Å². The Hall–Kier alpha value is -3.63. The normalized spacial score (nSPS) is 17.4. The van der Waals surface area contributed by atoms with Gasteiger partial charge in [-0.25, -0.2) is 13.4 Å². The van der Waals surface area contributed by atoms with Crippen molar-refractivity contribution < 1.29 is 32.6 Å². The summed E-state index contributed by atoms with van der Waals surface area (Å²) in [5.74, 6) is 2.27. The summed E-state index contributed by atoms with van der Waals surface area (Å²) in [5.41, 5.74) is 3.53. The van der Waals surface area contributed by atoms with Crippen LogP contribution in [0.2, 0.25) is 0 Å². The molecule has 2 unspecified atom stereocenters. The predicted molar refractivity (Wildman–Crippen MR) is 160 cm³/mol. The average Bonchev–Trinajstić information content (AvgIpc) is 3.70. The van der Waals surface area contributed by atoms with E-state index in [9.17, 15) is 23.1 Å². The Morgan fingerprint density at radius 3 is 2.56 bits per heavy atom. The number of terminal acetylenes is 1. The summed E-state index contributed by atoms with van der Waals surface area (Å²) in [4.78, 5) is 26.7. The largest absolute Gasteiger partial charge is 0.454 e. The summed E-state index contributed by atoms with van der Waals surface area (Å²) in [7, 11) is -4.10. The molecule has 3 atom stereocenters. The van der Waals surface area contributed by atoms with Crippen molar-refractivity contribution in [1.82, 2.24) is 20.1 Å². The number of rotatable bonds is 13. The molecule has 2 aliphatic heterocycles. The number of nitrogens with zero attached hydrogens (tertiary/aromatic N) is 2. The highest BCUT2D eigenvalue weighted by Gasteiger charge is 2.37. The number of amides is 2. The molecule has 0 aromatic heterocycles. The lowest BCUT2D eigenvalue weighted by atomic mass is 9.99. The summed E-state index contributed by atoms with van der Waals surface area (Å²) in [6, 6.07) is 12.1. The minimum atomic E-state index is -4.10. The molecular formula is C31H40N4O7S. The van der Waals surface area contributed by atoms with E-state index in [1.807, 2.05) is 44.2 Å². The van der Waals surface area contributed by atoms with Crippen LogP contribution in [-0.2, 0) is 26.0 Å². The van der Waals surface area contributed by atoms with Gasteiger partial charge in [-0.05, 0) is 49.4 Å². The smallest absolute Gasteiger partial charge is 0.255 e. The Balaban J connectivity index is 1.67. The van der Waals surface area contributed by atoms with Gasteiger partial charge in [0, 0.05) is 32.0 Å². The van der Waals surface area contributed by atoms with Crippen molar-refractivity contribution in [2.45, 2.75) is 69.0 Å². The van der Waals surface area contributed by atoms with E-state index in [4.69, 9.17) is 15.9 Å². The quantitative estimate of drug-likeness (QED) is 0.231. The molecule has 3 N–H and O–H groups in total. The number of carbonyl (C=O) groups is 2. The molecule has 0 spiro atoms. The summed E-state index contributed by atoms with van der Waals surface area (Å²) in [6.07, 6.45) is 5.72. The van der Waals surface area contributed by atoms with Gasteiger partial charge in [0.05, 0.1) is 23.1 Å². The SMILES string of the molecule is C#CCCC(=O)N(NC(=O)C1CCCN1)C(Cc1ccccc1)[C@H](O)CN(CC(C)C)S(=O)(=O)c1ccc2c(c1)OCO2. The Bertz CT molecular complexity index is 1400. The van der Waals surface area contributed by atoms with Gasteiger partial charge in [-0.15, -0.1) is 12.3 Å². The van der Waals surface area contributed by atoms with Crippen molar-refractivity contribution in [3.8, 4) is 23.8 Å². The zero-order valence-corrected chi connectivity index (χ0v) is 25.4. The van der Waals surface area contributed by atoms with Crippen LogP contribution in [0.4, 0.5) is 0 Å². The van der Waals surface area contributed by atoms with E-state index in [2.05, 4.69) is 16.7 Å². The number of nitrogens with one attached hydrogen (secondary N) is 2. The molecule has 0 aliphatic carbocycles. The number of benzene rings is 2. The molecule has 2 aromatic rings. The number of hydrogen-bond acceptors (Lipinski definition) is 8. The molecule has 0 saturated carbocycles. The summed E-state index contributed by atoms with van der Waals surface area (Å²) in [5, 5.41) is 16.1. The first kappa shape index (κ1) is 32.3. The highest BCUT2D eigenvalue weighted by atomic mass is 32.2. The molecule has 0 bridgehead atoms. The third-order valence-electron chi connectivity index (χ3n) is 7.36. The fourth-order valence-electron chi connectivity index (χ4n) is 5.18. The highest BCUT2D eigenvalue weighted by Crippen LogP contribution is 2.35. The van der Waals surface area contributed by atoms with Crippen LogP contribution >= 0.6 is 0 Å². The van der Waals surface area contributed by atoms with Crippen LogP contribution in [0, 0.1) is 18.3 Å². The minimum absolute atomic E-state index is 0.0000591. The lowest BCUT2D eigenvalue weighted by molar-refractivity contribution is -0.148. The first-order valence-electron chi connectivity index (χ1n) is 14.5. The molecule has 43 heavy (non-hydrogen) atoms. The van der Waals surface area contributed by atoms with Crippen LogP contribution in [-0.4, -0.2) is 79.3 Å². The van der Waals surface area contributed by atoms with E-state index in [1.54, 1.807) is 0 Å². The van der Waals surface area contributed by atoms with Crippen molar-refractivity contribution in [3.63, 3.8) is 0 Å². The van der Waals surface area contributed by atoms with Crippen LogP contribution in [0.1, 0.15) is 45.1 Å². The number of ether oxygens (including phenoxy) is 2. The Morgan fingerprint density at radius 1 is 1.14 bits per heavy atom.